The minimum Gasteiger partial charge on any atom is -0.480 e. The van der Waals surface area contributed by atoms with Gasteiger partial charge in [-0.15, -0.1) is 11.3 Å². The average molecular weight is 335 g/mol. The van der Waals surface area contributed by atoms with E-state index in [1.165, 1.54) is 12.5 Å². The second-order valence-corrected chi connectivity index (χ2v) is 7.09. The molecule has 0 aliphatic heterocycles. The normalized spacial score (nSPS) is 14.4. The molecule has 0 unspecified atom stereocenters. The molecule has 1 rings (SSSR count). The van der Waals surface area contributed by atoms with Gasteiger partial charge in [0.15, 0.2) is 0 Å². The van der Waals surface area contributed by atoms with Gasteiger partial charge in [-0.05, 0) is 12.0 Å². The molecule has 0 saturated carbocycles. The molecular weight excluding hydrogens is 318 g/mol. The van der Waals surface area contributed by atoms with E-state index in [0.29, 0.717) is 6.42 Å². The average Bonchev–Trinajstić information content (AvgIpc) is 2.93. The molecule has 0 saturated heterocycles. The Bertz CT molecular complexity index is 621. The van der Waals surface area contributed by atoms with Crippen LogP contribution in [0.1, 0.15) is 29.9 Å². The van der Waals surface area contributed by atoms with Crippen LogP contribution in [-0.2, 0) is 19.6 Å². The van der Waals surface area contributed by atoms with Crippen molar-refractivity contribution in [1.29, 1.82) is 0 Å². The van der Waals surface area contributed by atoms with Crippen LogP contribution < -0.4 is 4.72 Å². The molecule has 1 aromatic rings. The van der Waals surface area contributed by atoms with E-state index >= 15 is 0 Å². The smallest absolute Gasteiger partial charge is 0.348 e. The molecule has 2 N–H and O–H groups in total. The van der Waals surface area contributed by atoms with Crippen molar-refractivity contribution >= 4 is 33.3 Å². The molecule has 0 aliphatic carbocycles. The Hall–Kier alpha value is -1.45. The van der Waals surface area contributed by atoms with Gasteiger partial charge in [0, 0.05) is 5.38 Å². The van der Waals surface area contributed by atoms with Crippen LogP contribution >= 0.6 is 11.3 Å². The second kappa shape index (κ2) is 7.01. The van der Waals surface area contributed by atoms with Crippen molar-refractivity contribution in [1.82, 2.24) is 4.72 Å². The van der Waals surface area contributed by atoms with E-state index < -0.39 is 28.0 Å². The number of ether oxygens (including phenoxy) is 1. The maximum absolute atomic E-state index is 12.2. The molecule has 21 heavy (non-hydrogen) atoms. The molecule has 0 spiro atoms. The summed E-state index contributed by atoms with van der Waals surface area (Å²) in [6, 6.07) is -0.0598. The highest BCUT2D eigenvalue weighted by molar-refractivity contribution is 7.89. The number of carbonyl (C=O) groups is 2. The quantitative estimate of drug-likeness (QED) is 0.727. The SMILES string of the molecule is CC[C@H](C)[C@H](NS(=O)(=O)c1csc(C(=O)OC)c1)C(=O)O. The molecule has 1 aromatic heterocycles. The maximum Gasteiger partial charge on any atom is 0.348 e. The largest absolute Gasteiger partial charge is 0.480 e. The van der Waals surface area contributed by atoms with E-state index in [2.05, 4.69) is 9.46 Å². The van der Waals surface area contributed by atoms with Gasteiger partial charge >= 0.3 is 11.9 Å². The van der Waals surface area contributed by atoms with Crippen LogP contribution in [0, 0.1) is 5.92 Å². The number of hydrogen-bond donors (Lipinski definition) is 2. The number of thiophene rings is 1. The number of methoxy groups -OCH3 is 1. The fourth-order valence-corrected chi connectivity index (χ4v) is 4.04. The standard InChI is InChI=1S/C12H17NO6S2/c1-4-7(2)10(11(14)15)13-21(17,18)8-5-9(20-6-8)12(16)19-3/h5-7,10,13H,4H2,1-3H3,(H,14,15)/t7-,10-/m0/s1. The molecule has 0 aliphatic rings. The van der Waals surface area contributed by atoms with Gasteiger partial charge in [-0.25, -0.2) is 13.2 Å². The number of sulfonamides is 1. The van der Waals surface area contributed by atoms with Gasteiger partial charge in [-0.3, -0.25) is 4.79 Å². The Kier molecular flexibility index (Phi) is 5.87. The fraction of sp³-hybridized carbons (Fsp3) is 0.500. The van der Waals surface area contributed by atoms with Crippen LogP contribution in [0.2, 0.25) is 0 Å². The topological polar surface area (TPSA) is 110 Å². The van der Waals surface area contributed by atoms with Gasteiger partial charge in [0.1, 0.15) is 10.9 Å². The Morgan fingerprint density at radius 1 is 1.48 bits per heavy atom. The first kappa shape index (κ1) is 17.6. The van der Waals surface area contributed by atoms with Gasteiger partial charge in [0.2, 0.25) is 10.0 Å². The number of carboxylic acid groups (broad SMARTS) is 1. The van der Waals surface area contributed by atoms with Crippen molar-refractivity contribution in [2.45, 2.75) is 31.2 Å². The zero-order chi connectivity index (χ0) is 16.2. The lowest BCUT2D eigenvalue weighted by Gasteiger charge is -2.19. The summed E-state index contributed by atoms with van der Waals surface area (Å²) in [7, 11) is -2.82. The van der Waals surface area contributed by atoms with Crippen LogP contribution in [0.15, 0.2) is 16.3 Å². The minimum atomic E-state index is -4.01. The highest BCUT2D eigenvalue weighted by Crippen LogP contribution is 2.21. The molecular formula is C12H17NO6S2. The van der Waals surface area contributed by atoms with E-state index in [1.807, 2.05) is 0 Å². The van der Waals surface area contributed by atoms with E-state index in [4.69, 9.17) is 5.11 Å². The highest BCUT2D eigenvalue weighted by Gasteiger charge is 2.30. The zero-order valence-corrected chi connectivity index (χ0v) is 13.5. The molecule has 9 heteroatoms. The van der Waals surface area contributed by atoms with Crippen molar-refractivity contribution in [3.8, 4) is 0 Å². The number of esters is 1. The van der Waals surface area contributed by atoms with E-state index in [0.717, 1.165) is 17.4 Å². The molecule has 0 aromatic carbocycles. The lowest BCUT2D eigenvalue weighted by Crippen LogP contribution is -2.44. The molecule has 0 bridgehead atoms. The summed E-state index contributed by atoms with van der Waals surface area (Å²) in [5.41, 5.74) is 0. The maximum atomic E-state index is 12.2. The molecule has 1 heterocycles. The Balaban J connectivity index is 3.02. The summed E-state index contributed by atoms with van der Waals surface area (Å²) in [6.45, 7) is 3.42. The predicted molar refractivity (Wildman–Crippen MR) is 76.9 cm³/mol. The number of carbonyl (C=O) groups excluding carboxylic acids is 1. The zero-order valence-electron chi connectivity index (χ0n) is 11.8. The van der Waals surface area contributed by atoms with Crippen molar-refractivity contribution < 1.29 is 27.9 Å². The number of aliphatic carboxylic acids is 1. The third-order valence-electron chi connectivity index (χ3n) is 3.03. The molecule has 0 radical (unpaired) electrons. The molecule has 2 atom stereocenters. The monoisotopic (exact) mass is 335 g/mol. The van der Waals surface area contributed by atoms with Crippen molar-refractivity contribution in [3.05, 3.63) is 16.3 Å². The van der Waals surface area contributed by atoms with Crippen LogP contribution in [0.3, 0.4) is 0 Å². The molecule has 0 fully saturated rings. The fourth-order valence-electron chi connectivity index (χ4n) is 1.55. The minimum absolute atomic E-state index is 0.133. The van der Waals surface area contributed by atoms with Gasteiger partial charge in [0.05, 0.1) is 12.0 Å². The predicted octanol–water partition coefficient (Wildman–Crippen LogP) is 1.31. The van der Waals surface area contributed by atoms with Gasteiger partial charge in [0.25, 0.3) is 0 Å². The summed E-state index contributed by atoms with van der Waals surface area (Å²) < 4.78 is 31.0. The van der Waals surface area contributed by atoms with Crippen LogP contribution in [0.5, 0.6) is 0 Å². The first-order valence-electron chi connectivity index (χ1n) is 6.15. The van der Waals surface area contributed by atoms with Gasteiger partial charge in [-0.2, -0.15) is 4.72 Å². The van der Waals surface area contributed by atoms with Gasteiger partial charge in [-0.1, -0.05) is 20.3 Å². The lowest BCUT2D eigenvalue weighted by molar-refractivity contribution is -0.140. The first-order chi connectivity index (χ1) is 9.72. The van der Waals surface area contributed by atoms with Crippen LogP contribution in [0.25, 0.3) is 0 Å². The highest BCUT2D eigenvalue weighted by atomic mass is 32.2. The Labute approximate surface area is 127 Å². The van der Waals surface area contributed by atoms with Crippen molar-refractivity contribution in [2.75, 3.05) is 7.11 Å². The van der Waals surface area contributed by atoms with E-state index in [-0.39, 0.29) is 15.7 Å². The third kappa shape index (κ3) is 4.26. The summed E-state index contributed by atoms with van der Waals surface area (Å²) >= 11 is 0.918. The summed E-state index contributed by atoms with van der Waals surface area (Å²) in [5.74, 6) is -2.24. The molecule has 118 valence electrons. The van der Waals surface area contributed by atoms with E-state index in [1.54, 1.807) is 13.8 Å². The Morgan fingerprint density at radius 3 is 2.57 bits per heavy atom. The summed E-state index contributed by atoms with van der Waals surface area (Å²) in [6.07, 6.45) is 0.510. The van der Waals surface area contributed by atoms with Crippen LogP contribution in [-0.4, -0.2) is 38.6 Å². The van der Waals surface area contributed by atoms with E-state index in [9.17, 15) is 18.0 Å². The molecule has 7 nitrogen and oxygen atoms in total. The number of rotatable bonds is 7. The van der Waals surface area contributed by atoms with Crippen molar-refractivity contribution in [2.24, 2.45) is 5.92 Å². The Morgan fingerprint density at radius 2 is 2.10 bits per heavy atom. The van der Waals surface area contributed by atoms with Gasteiger partial charge < -0.3 is 9.84 Å². The summed E-state index contributed by atoms with van der Waals surface area (Å²) in [5, 5.41) is 10.4. The second-order valence-electron chi connectivity index (χ2n) is 4.46. The third-order valence-corrected chi connectivity index (χ3v) is 5.51. The number of hydrogen-bond acceptors (Lipinski definition) is 6. The number of carboxylic acids is 1. The lowest BCUT2D eigenvalue weighted by atomic mass is 10.0. The van der Waals surface area contributed by atoms with Crippen LogP contribution in [0.4, 0.5) is 0 Å². The first-order valence-corrected chi connectivity index (χ1v) is 8.51. The van der Waals surface area contributed by atoms with Crippen molar-refractivity contribution in [3.63, 3.8) is 0 Å². The number of nitrogens with one attached hydrogen (secondary N) is 1. The summed E-state index contributed by atoms with van der Waals surface area (Å²) in [4.78, 5) is 22.5. The molecule has 0 amide bonds.